The summed E-state index contributed by atoms with van der Waals surface area (Å²) in [5.74, 6) is 1.95. The zero-order valence-electron chi connectivity index (χ0n) is 11.9. The minimum Gasteiger partial charge on any atom is -0.339 e. The Hall–Kier alpha value is -1.47. The van der Waals surface area contributed by atoms with Gasteiger partial charge in [-0.15, -0.1) is 10.2 Å². The Kier molecular flexibility index (Phi) is 4.49. The summed E-state index contributed by atoms with van der Waals surface area (Å²) in [7, 11) is 3.88. The second-order valence-electron chi connectivity index (χ2n) is 5.03. The van der Waals surface area contributed by atoms with Gasteiger partial charge in [-0.2, -0.15) is 0 Å². The van der Waals surface area contributed by atoms with Crippen molar-refractivity contribution in [2.24, 2.45) is 7.05 Å². The number of piperazine rings is 1. The van der Waals surface area contributed by atoms with Gasteiger partial charge in [-0.3, -0.25) is 9.69 Å². The van der Waals surface area contributed by atoms with E-state index in [-0.39, 0.29) is 5.91 Å². The van der Waals surface area contributed by atoms with Crippen LogP contribution in [0, 0.1) is 6.92 Å². The Morgan fingerprint density at radius 3 is 2.63 bits per heavy atom. The molecule has 0 aromatic carbocycles. The van der Waals surface area contributed by atoms with Gasteiger partial charge in [0.25, 0.3) is 0 Å². The normalized spacial score (nSPS) is 16.1. The number of rotatable bonds is 4. The van der Waals surface area contributed by atoms with Crippen LogP contribution in [0.2, 0.25) is 0 Å². The first-order chi connectivity index (χ1) is 9.08. The van der Waals surface area contributed by atoms with Crippen molar-refractivity contribution in [3.8, 4) is 0 Å². The fourth-order valence-corrected chi connectivity index (χ4v) is 2.13. The molecule has 7 nitrogen and oxygen atoms in total. The highest BCUT2D eigenvalue weighted by molar-refractivity contribution is 5.78. The van der Waals surface area contributed by atoms with Gasteiger partial charge in [-0.25, -0.2) is 0 Å². The van der Waals surface area contributed by atoms with Crippen molar-refractivity contribution < 1.29 is 4.79 Å². The van der Waals surface area contributed by atoms with E-state index in [4.69, 9.17) is 0 Å². The zero-order valence-corrected chi connectivity index (χ0v) is 11.9. The molecule has 1 aliphatic heterocycles. The quantitative estimate of drug-likeness (QED) is 0.756. The van der Waals surface area contributed by atoms with Crippen molar-refractivity contribution in [2.45, 2.75) is 13.5 Å². The summed E-state index contributed by atoms with van der Waals surface area (Å²) in [6.07, 6.45) is 0. The van der Waals surface area contributed by atoms with Gasteiger partial charge in [0.15, 0.2) is 0 Å². The molecule has 1 aromatic rings. The number of hydrogen-bond acceptors (Lipinski definition) is 5. The van der Waals surface area contributed by atoms with Crippen LogP contribution in [-0.2, 0) is 18.4 Å². The van der Waals surface area contributed by atoms with Gasteiger partial charge < -0.3 is 14.8 Å². The SMILES string of the molecule is Cc1nnc(CN(C)CC(=O)N2CCNCC2)n1C. The molecule has 0 bridgehead atoms. The molecule has 1 aliphatic rings. The van der Waals surface area contributed by atoms with Crippen LogP contribution in [0.25, 0.3) is 0 Å². The van der Waals surface area contributed by atoms with Crippen molar-refractivity contribution in [1.29, 1.82) is 0 Å². The van der Waals surface area contributed by atoms with Gasteiger partial charge in [0.1, 0.15) is 11.6 Å². The summed E-state index contributed by atoms with van der Waals surface area (Å²) >= 11 is 0. The lowest BCUT2D eigenvalue weighted by Gasteiger charge is -2.29. The molecule has 0 atom stereocenters. The lowest BCUT2D eigenvalue weighted by atomic mass is 10.3. The van der Waals surface area contributed by atoms with Gasteiger partial charge in [0.2, 0.25) is 5.91 Å². The van der Waals surface area contributed by atoms with Crippen LogP contribution in [0.3, 0.4) is 0 Å². The Balaban J connectivity index is 1.85. The van der Waals surface area contributed by atoms with Crippen LogP contribution >= 0.6 is 0 Å². The van der Waals surface area contributed by atoms with E-state index in [2.05, 4.69) is 15.5 Å². The molecular weight excluding hydrogens is 244 g/mol. The summed E-state index contributed by atoms with van der Waals surface area (Å²) in [5, 5.41) is 11.4. The Labute approximate surface area is 113 Å². The highest BCUT2D eigenvalue weighted by atomic mass is 16.2. The summed E-state index contributed by atoms with van der Waals surface area (Å²) in [4.78, 5) is 16.0. The van der Waals surface area contributed by atoms with Gasteiger partial charge in [-0.1, -0.05) is 0 Å². The van der Waals surface area contributed by atoms with E-state index in [1.54, 1.807) is 0 Å². The predicted octanol–water partition coefficient (Wildman–Crippen LogP) is -1.01. The van der Waals surface area contributed by atoms with E-state index in [0.717, 1.165) is 37.8 Å². The molecule has 1 fully saturated rings. The van der Waals surface area contributed by atoms with Crippen LogP contribution in [0.4, 0.5) is 0 Å². The average Bonchev–Trinajstić information content (AvgIpc) is 2.71. The van der Waals surface area contributed by atoms with Crippen molar-refractivity contribution in [3.63, 3.8) is 0 Å². The van der Waals surface area contributed by atoms with Crippen LogP contribution in [-0.4, -0.2) is 70.2 Å². The summed E-state index contributed by atoms with van der Waals surface area (Å²) in [5.41, 5.74) is 0. The third kappa shape index (κ3) is 3.51. The maximum Gasteiger partial charge on any atom is 0.236 e. The second-order valence-corrected chi connectivity index (χ2v) is 5.03. The first-order valence-electron chi connectivity index (χ1n) is 6.60. The van der Waals surface area contributed by atoms with E-state index in [1.807, 2.05) is 35.4 Å². The number of hydrogen-bond donors (Lipinski definition) is 1. The molecule has 7 heteroatoms. The van der Waals surface area contributed by atoms with Gasteiger partial charge in [0.05, 0.1) is 13.1 Å². The lowest BCUT2D eigenvalue weighted by Crippen LogP contribution is -2.49. The van der Waals surface area contributed by atoms with Gasteiger partial charge in [-0.05, 0) is 14.0 Å². The second kappa shape index (κ2) is 6.12. The van der Waals surface area contributed by atoms with E-state index in [1.165, 1.54) is 0 Å². The first-order valence-corrected chi connectivity index (χ1v) is 6.60. The summed E-state index contributed by atoms with van der Waals surface area (Å²) < 4.78 is 1.95. The van der Waals surface area contributed by atoms with Crippen molar-refractivity contribution in [1.82, 2.24) is 29.9 Å². The molecule has 1 N–H and O–H groups in total. The Morgan fingerprint density at radius 2 is 2.05 bits per heavy atom. The summed E-state index contributed by atoms with van der Waals surface area (Å²) in [6.45, 7) is 6.35. The van der Waals surface area contributed by atoms with Gasteiger partial charge in [0, 0.05) is 33.2 Å². The lowest BCUT2D eigenvalue weighted by molar-refractivity contribution is -0.132. The molecule has 0 aliphatic carbocycles. The zero-order chi connectivity index (χ0) is 13.8. The largest absolute Gasteiger partial charge is 0.339 e. The number of carbonyl (C=O) groups excluding carboxylic acids is 1. The third-order valence-electron chi connectivity index (χ3n) is 3.47. The topological polar surface area (TPSA) is 66.3 Å². The molecule has 2 rings (SSSR count). The van der Waals surface area contributed by atoms with E-state index < -0.39 is 0 Å². The van der Waals surface area contributed by atoms with Crippen LogP contribution < -0.4 is 5.32 Å². The molecule has 1 amide bonds. The maximum atomic E-state index is 12.1. The number of aryl methyl sites for hydroxylation is 1. The molecule has 19 heavy (non-hydrogen) atoms. The van der Waals surface area contributed by atoms with E-state index >= 15 is 0 Å². The number of likely N-dealkylation sites (N-methyl/N-ethyl adjacent to an activating group) is 1. The third-order valence-corrected chi connectivity index (χ3v) is 3.47. The molecule has 0 radical (unpaired) electrons. The van der Waals surface area contributed by atoms with Crippen molar-refractivity contribution in [2.75, 3.05) is 39.8 Å². The number of nitrogens with zero attached hydrogens (tertiary/aromatic N) is 5. The predicted molar refractivity (Wildman–Crippen MR) is 71.5 cm³/mol. The van der Waals surface area contributed by atoms with Gasteiger partial charge >= 0.3 is 0 Å². The minimum absolute atomic E-state index is 0.183. The fraction of sp³-hybridized carbons (Fsp3) is 0.750. The van der Waals surface area contributed by atoms with Crippen molar-refractivity contribution in [3.05, 3.63) is 11.6 Å². The van der Waals surface area contributed by atoms with E-state index in [9.17, 15) is 4.79 Å². The van der Waals surface area contributed by atoms with Crippen molar-refractivity contribution >= 4 is 5.91 Å². The molecule has 0 unspecified atom stereocenters. The number of carbonyl (C=O) groups is 1. The maximum absolute atomic E-state index is 12.1. The smallest absolute Gasteiger partial charge is 0.236 e. The number of amides is 1. The molecule has 2 heterocycles. The average molecular weight is 266 g/mol. The Morgan fingerprint density at radius 1 is 1.37 bits per heavy atom. The molecule has 1 aromatic heterocycles. The molecule has 0 saturated carbocycles. The summed E-state index contributed by atoms with van der Waals surface area (Å²) in [6, 6.07) is 0. The van der Waals surface area contributed by atoms with Crippen LogP contribution in [0.15, 0.2) is 0 Å². The molecule has 106 valence electrons. The first kappa shape index (κ1) is 14.0. The number of aromatic nitrogens is 3. The highest BCUT2D eigenvalue weighted by Gasteiger charge is 2.18. The van der Waals surface area contributed by atoms with E-state index in [0.29, 0.717) is 13.1 Å². The Bertz CT molecular complexity index is 437. The van der Waals surface area contributed by atoms with Crippen LogP contribution in [0.5, 0.6) is 0 Å². The van der Waals surface area contributed by atoms with Crippen LogP contribution in [0.1, 0.15) is 11.6 Å². The monoisotopic (exact) mass is 266 g/mol. The highest BCUT2D eigenvalue weighted by Crippen LogP contribution is 2.02. The fourth-order valence-electron chi connectivity index (χ4n) is 2.13. The molecule has 0 spiro atoms. The number of nitrogens with one attached hydrogen (secondary N) is 1. The molecular formula is C12H22N6O. The standard InChI is InChI=1S/C12H22N6O/c1-10-14-15-11(17(10)3)8-16(2)9-12(19)18-6-4-13-5-7-18/h13H,4-9H2,1-3H3. The minimum atomic E-state index is 0.183. The molecule has 1 saturated heterocycles.